The molecule has 0 radical (unpaired) electrons. The first-order valence-electron chi connectivity index (χ1n) is 7.76. The first kappa shape index (κ1) is 16.4. The number of carbonyl (C=O) groups excluding carboxylic acids is 1. The number of nitrogens with one attached hydrogen (secondary N) is 1. The number of hydrazone groups is 1. The van der Waals surface area contributed by atoms with Gasteiger partial charge in [-0.1, -0.05) is 30.3 Å². The lowest BCUT2D eigenvalue weighted by Gasteiger charge is -2.08. The molecular formula is C20H17N3O2. The van der Waals surface area contributed by atoms with E-state index >= 15 is 0 Å². The molecule has 25 heavy (non-hydrogen) atoms. The molecule has 3 aromatic rings. The van der Waals surface area contributed by atoms with Crippen molar-refractivity contribution in [2.24, 2.45) is 5.10 Å². The third-order valence-electron chi connectivity index (χ3n) is 3.60. The lowest BCUT2D eigenvalue weighted by Crippen LogP contribution is -2.20. The molecule has 3 rings (SSSR count). The Bertz CT molecular complexity index is 819. The Kier molecular flexibility index (Phi) is 5.16. The largest absolute Gasteiger partial charge is 0.497 e. The van der Waals surface area contributed by atoms with Gasteiger partial charge >= 0.3 is 0 Å². The number of nitrogens with zero attached hydrogens (tertiary/aromatic N) is 2. The quantitative estimate of drug-likeness (QED) is 0.576. The highest BCUT2D eigenvalue weighted by molar-refractivity contribution is 6.13. The lowest BCUT2D eigenvalue weighted by atomic mass is 10.0. The summed E-state index contributed by atoms with van der Waals surface area (Å²) in [4.78, 5) is 16.5. The molecule has 0 spiro atoms. The third-order valence-corrected chi connectivity index (χ3v) is 3.60. The molecule has 2 aromatic carbocycles. The Morgan fingerprint density at radius 3 is 2.28 bits per heavy atom. The highest BCUT2D eigenvalue weighted by Crippen LogP contribution is 2.12. The van der Waals surface area contributed by atoms with Gasteiger partial charge < -0.3 is 4.74 Å². The van der Waals surface area contributed by atoms with Gasteiger partial charge in [-0.2, -0.15) is 5.10 Å². The molecule has 0 bridgehead atoms. The van der Waals surface area contributed by atoms with Gasteiger partial charge in [-0.25, -0.2) is 5.43 Å². The number of methoxy groups -OCH3 is 1. The van der Waals surface area contributed by atoms with E-state index < -0.39 is 0 Å². The van der Waals surface area contributed by atoms with Crippen molar-refractivity contribution >= 4 is 11.6 Å². The van der Waals surface area contributed by atoms with E-state index in [1.54, 1.807) is 43.8 Å². The molecule has 1 N–H and O–H groups in total. The van der Waals surface area contributed by atoms with Crippen LogP contribution in [0.25, 0.3) is 0 Å². The zero-order valence-electron chi connectivity index (χ0n) is 13.7. The van der Waals surface area contributed by atoms with Gasteiger partial charge in [0, 0.05) is 29.1 Å². The van der Waals surface area contributed by atoms with Crippen LogP contribution in [0.5, 0.6) is 5.75 Å². The Balaban J connectivity index is 1.87. The van der Waals surface area contributed by atoms with E-state index in [1.165, 1.54) is 0 Å². The number of rotatable bonds is 5. The SMILES string of the molecule is COc1ccc(C(=O)N/N=C(\c2ccccc2)c2cccnc2)cc1. The lowest BCUT2D eigenvalue weighted by molar-refractivity contribution is 0.0955. The fourth-order valence-corrected chi connectivity index (χ4v) is 2.31. The molecule has 1 amide bonds. The minimum Gasteiger partial charge on any atom is -0.497 e. The smallest absolute Gasteiger partial charge is 0.271 e. The summed E-state index contributed by atoms with van der Waals surface area (Å²) in [5, 5.41) is 4.33. The number of carbonyl (C=O) groups is 1. The molecule has 0 aliphatic carbocycles. The fraction of sp³-hybridized carbons (Fsp3) is 0.0500. The summed E-state index contributed by atoms with van der Waals surface area (Å²) >= 11 is 0. The van der Waals surface area contributed by atoms with Crippen LogP contribution >= 0.6 is 0 Å². The Labute approximate surface area is 146 Å². The minimum absolute atomic E-state index is 0.292. The maximum absolute atomic E-state index is 12.3. The van der Waals surface area contributed by atoms with Gasteiger partial charge in [-0.05, 0) is 36.4 Å². The molecule has 1 heterocycles. The van der Waals surface area contributed by atoms with Gasteiger partial charge in [0.05, 0.1) is 12.8 Å². The summed E-state index contributed by atoms with van der Waals surface area (Å²) < 4.78 is 5.10. The van der Waals surface area contributed by atoms with E-state index in [9.17, 15) is 4.79 Å². The normalized spacial score (nSPS) is 11.0. The standard InChI is InChI=1S/C20H17N3O2/c1-25-18-11-9-16(10-12-18)20(24)23-22-19(15-6-3-2-4-7-15)17-8-5-13-21-14-17/h2-14H,1H3,(H,23,24)/b22-19+. The average molecular weight is 331 g/mol. The van der Waals surface area contributed by atoms with E-state index in [4.69, 9.17) is 4.74 Å². The maximum atomic E-state index is 12.3. The number of ether oxygens (including phenoxy) is 1. The predicted octanol–water partition coefficient (Wildman–Crippen LogP) is 3.27. The number of aromatic nitrogens is 1. The number of pyridine rings is 1. The molecule has 5 heteroatoms. The van der Waals surface area contributed by atoms with Crippen LogP contribution in [0.3, 0.4) is 0 Å². The summed E-state index contributed by atoms with van der Waals surface area (Å²) in [7, 11) is 1.58. The summed E-state index contributed by atoms with van der Waals surface area (Å²) in [6, 6.07) is 20.2. The molecule has 1 aromatic heterocycles. The molecule has 0 saturated carbocycles. The van der Waals surface area contributed by atoms with Crippen molar-refractivity contribution in [2.75, 3.05) is 7.11 Å². The number of amides is 1. The van der Waals surface area contributed by atoms with Crippen LogP contribution in [0.2, 0.25) is 0 Å². The van der Waals surface area contributed by atoms with Gasteiger partial charge in [0.1, 0.15) is 5.75 Å². The molecule has 0 saturated heterocycles. The molecule has 0 aliphatic heterocycles. The second-order valence-corrected chi connectivity index (χ2v) is 5.24. The van der Waals surface area contributed by atoms with Crippen molar-refractivity contribution in [1.82, 2.24) is 10.4 Å². The van der Waals surface area contributed by atoms with Gasteiger partial charge in [-0.3, -0.25) is 9.78 Å². The summed E-state index contributed by atoms with van der Waals surface area (Å²) in [6.07, 6.45) is 3.41. The molecule has 5 nitrogen and oxygen atoms in total. The van der Waals surface area contributed by atoms with E-state index in [-0.39, 0.29) is 5.91 Å². The highest BCUT2D eigenvalue weighted by Gasteiger charge is 2.09. The van der Waals surface area contributed by atoms with Gasteiger partial charge in [0.25, 0.3) is 5.91 Å². The van der Waals surface area contributed by atoms with E-state index in [2.05, 4.69) is 15.5 Å². The second kappa shape index (κ2) is 7.88. The Morgan fingerprint density at radius 2 is 1.64 bits per heavy atom. The van der Waals surface area contributed by atoms with Crippen LogP contribution in [0.15, 0.2) is 84.2 Å². The molecule has 0 aliphatic rings. The predicted molar refractivity (Wildman–Crippen MR) is 96.8 cm³/mol. The van der Waals surface area contributed by atoms with Crippen LogP contribution in [-0.2, 0) is 0 Å². The zero-order chi connectivity index (χ0) is 17.5. The van der Waals surface area contributed by atoms with Crippen molar-refractivity contribution in [3.63, 3.8) is 0 Å². The number of hydrogen-bond donors (Lipinski definition) is 1. The van der Waals surface area contributed by atoms with Crippen molar-refractivity contribution in [1.29, 1.82) is 0 Å². The zero-order valence-corrected chi connectivity index (χ0v) is 13.7. The third kappa shape index (κ3) is 4.09. The number of benzene rings is 2. The first-order chi connectivity index (χ1) is 12.3. The molecule has 0 fully saturated rings. The van der Waals surface area contributed by atoms with Gasteiger partial charge in [0.15, 0.2) is 0 Å². The van der Waals surface area contributed by atoms with E-state index in [0.29, 0.717) is 17.0 Å². The second-order valence-electron chi connectivity index (χ2n) is 5.24. The number of hydrogen-bond acceptors (Lipinski definition) is 4. The summed E-state index contributed by atoms with van der Waals surface area (Å²) in [5.74, 6) is 0.403. The summed E-state index contributed by atoms with van der Waals surface area (Å²) in [6.45, 7) is 0. The van der Waals surface area contributed by atoms with Crippen LogP contribution < -0.4 is 10.2 Å². The van der Waals surface area contributed by atoms with Crippen molar-refractivity contribution in [3.8, 4) is 5.75 Å². The van der Waals surface area contributed by atoms with Gasteiger partial charge in [0.2, 0.25) is 0 Å². The maximum Gasteiger partial charge on any atom is 0.271 e. The van der Waals surface area contributed by atoms with Crippen LogP contribution in [0.1, 0.15) is 21.5 Å². The molecule has 0 atom stereocenters. The average Bonchev–Trinajstić information content (AvgIpc) is 2.70. The summed E-state index contributed by atoms with van der Waals surface area (Å²) in [5.41, 5.74) is 5.48. The topological polar surface area (TPSA) is 63.6 Å². The van der Waals surface area contributed by atoms with E-state index in [0.717, 1.165) is 11.1 Å². The van der Waals surface area contributed by atoms with Crippen LogP contribution in [0, 0.1) is 0 Å². The van der Waals surface area contributed by atoms with Crippen molar-refractivity contribution in [2.45, 2.75) is 0 Å². The fourth-order valence-electron chi connectivity index (χ4n) is 2.31. The van der Waals surface area contributed by atoms with Gasteiger partial charge in [-0.15, -0.1) is 0 Å². The van der Waals surface area contributed by atoms with Crippen LogP contribution in [0.4, 0.5) is 0 Å². The Morgan fingerprint density at radius 1 is 0.920 bits per heavy atom. The highest BCUT2D eigenvalue weighted by atomic mass is 16.5. The monoisotopic (exact) mass is 331 g/mol. The minimum atomic E-state index is -0.292. The Hall–Kier alpha value is -3.47. The van der Waals surface area contributed by atoms with Crippen molar-refractivity contribution in [3.05, 3.63) is 95.8 Å². The van der Waals surface area contributed by atoms with E-state index in [1.807, 2.05) is 42.5 Å². The van der Waals surface area contributed by atoms with Crippen molar-refractivity contribution < 1.29 is 9.53 Å². The molecule has 0 unspecified atom stereocenters. The molecule has 124 valence electrons. The molecular weight excluding hydrogens is 314 g/mol. The first-order valence-corrected chi connectivity index (χ1v) is 7.76. The van der Waals surface area contributed by atoms with Crippen LogP contribution in [-0.4, -0.2) is 23.7 Å².